The lowest BCUT2D eigenvalue weighted by atomic mass is 9.65. The molecule has 0 aromatic carbocycles. The number of likely N-dealkylation sites (tertiary alicyclic amines) is 1. The van der Waals surface area contributed by atoms with Crippen molar-refractivity contribution in [1.82, 2.24) is 9.88 Å². The number of nitrogens with zero attached hydrogens (tertiary/aromatic N) is 2. The van der Waals surface area contributed by atoms with Crippen LogP contribution in [-0.4, -0.2) is 46.6 Å². The Kier molecular flexibility index (Phi) is 4.08. The molecule has 2 fully saturated rings. The molecule has 0 radical (unpaired) electrons. The molecule has 1 saturated carbocycles. The molecule has 2 aliphatic rings. The van der Waals surface area contributed by atoms with Crippen molar-refractivity contribution in [3.8, 4) is 0 Å². The van der Waals surface area contributed by atoms with E-state index in [-0.39, 0.29) is 11.8 Å². The minimum absolute atomic E-state index is 0.0291. The first kappa shape index (κ1) is 15.3. The molecular weight excluding hydrogens is 278 g/mol. The van der Waals surface area contributed by atoms with Gasteiger partial charge in [0.15, 0.2) is 0 Å². The van der Waals surface area contributed by atoms with Gasteiger partial charge in [-0.3, -0.25) is 4.79 Å². The van der Waals surface area contributed by atoms with Crippen molar-refractivity contribution < 1.29 is 9.90 Å². The number of piperidine rings is 1. The van der Waals surface area contributed by atoms with E-state index in [1.54, 1.807) is 25.4 Å². The lowest BCUT2D eigenvalue weighted by Crippen LogP contribution is -2.57. The Labute approximate surface area is 131 Å². The number of hydrogen-bond acceptors (Lipinski definition) is 4. The third-order valence-electron chi connectivity index (χ3n) is 5.49. The van der Waals surface area contributed by atoms with Crippen molar-refractivity contribution in [2.24, 2.45) is 11.8 Å². The Bertz CT molecular complexity index is 559. The summed E-state index contributed by atoms with van der Waals surface area (Å²) in [5, 5.41) is 13.9. The third kappa shape index (κ3) is 2.58. The van der Waals surface area contributed by atoms with Gasteiger partial charge in [0.2, 0.25) is 0 Å². The van der Waals surface area contributed by atoms with E-state index in [1.165, 1.54) is 6.42 Å². The largest absolute Gasteiger partial charge is 0.389 e. The Morgan fingerprint density at radius 3 is 2.86 bits per heavy atom. The zero-order valence-electron chi connectivity index (χ0n) is 13.4. The number of aromatic nitrogens is 1. The van der Waals surface area contributed by atoms with E-state index in [1.807, 2.05) is 4.90 Å². The molecule has 3 rings (SSSR count). The average molecular weight is 303 g/mol. The van der Waals surface area contributed by atoms with E-state index >= 15 is 0 Å². The van der Waals surface area contributed by atoms with E-state index in [2.05, 4.69) is 17.2 Å². The number of carbonyl (C=O) groups excluding carboxylic acids is 1. The van der Waals surface area contributed by atoms with Gasteiger partial charge in [0.1, 0.15) is 5.82 Å². The number of anilines is 1. The summed E-state index contributed by atoms with van der Waals surface area (Å²) >= 11 is 0. The van der Waals surface area contributed by atoms with Gasteiger partial charge in [-0.15, -0.1) is 0 Å². The molecule has 1 aliphatic carbocycles. The van der Waals surface area contributed by atoms with E-state index < -0.39 is 5.60 Å². The summed E-state index contributed by atoms with van der Waals surface area (Å²) in [6.07, 6.45) is 5.83. The highest BCUT2D eigenvalue weighted by Crippen LogP contribution is 2.44. The van der Waals surface area contributed by atoms with Crippen LogP contribution in [0.2, 0.25) is 0 Å². The predicted molar refractivity (Wildman–Crippen MR) is 85.8 cm³/mol. The maximum absolute atomic E-state index is 12.7. The van der Waals surface area contributed by atoms with Crippen LogP contribution in [0.25, 0.3) is 0 Å². The molecule has 1 aromatic rings. The van der Waals surface area contributed by atoms with Gasteiger partial charge in [-0.05, 0) is 37.3 Å². The molecule has 1 saturated heterocycles. The molecule has 120 valence electrons. The summed E-state index contributed by atoms with van der Waals surface area (Å²) in [5.41, 5.74) is 0.0734. The lowest BCUT2D eigenvalue weighted by molar-refractivity contribution is -0.122. The van der Waals surface area contributed by atoms with Crippen LogP contribution in [0.5, 0.6) is 0 Å². The molecule has 1 amide bonds. The zero-order valence-corrected chi connectivity index (χ0v) is 13.4. The minimum Gasteiger partial charge on any atom is -0.389 e. The van der Waals surface area contributed by atoms with E-state index in [9.17, 15) is 9.90 Å². The highest BCUT2D eigenvalue weighted by Gasteiger charge is 2.47. The summed E-state index contributed by atoms with van der Waals surface area (Å²) in [6, 6.07) is 3.53. The van der Waals surface area contributed by atoms with Crippen molar-refractivity contribution >= 4 is 11.7 Å². The maximum atomic E-state index is 12.7. The smallest absolute Gasteiger partial charge is 0.254 e. The molecule has 1 aliphatic heterocycles. The van der Waals surface area contributed by atoms with E-state index in [4.69, 9.17) is 0 Å². The Hall–Kier alpha value is -1.62. The highest BCUT2D eigenvalue weighted by molar-refractivity contribution is 5.94. The van der Waals surface area contributed by atoms with Gasteiger partial charge in [0, 0.05) is 37.8 Å². The number of aliphatic hydroxyl groups is 1. The van der Waals surface area contributed by atoms with Crippen molar-refractivity contribution in [3.05, 3.63) is 23.9 Å². The number of hydrogen-bond donors (Lipinski definition) is 2. The molecular formula is C17H25N3O2. The molecule has 22 heavy (non-hydrogen) atoms. The Morgan fingerprint density at radius 1 is 1.50 bits per heavy atom. The number of amides is 1. The minimum atomic E-state index is -0.580. The molecule has 0 spiro atoms. The SMILES string of the molecule is CNc1cc(C(=O)N2CCC(O)(C3CCC3)C(C)C2)ccn1. The average Bonchev–Trinajstić information content (AvgIpc) is 2.48. The van der Waals surface area contributed by atoms with Crippen LogP contribution >= 0.6 is 0 Å². The van der Waals surface area contributed by atoms with Gasteiger partial charge in [0.25, 0.3) is 5.91 Å². The fraction of sp³-hybridized carbons (Fsp3) is 0.647. The first-order valence-corrected chi connectivity index (χ1v) is 8.20. The van der Waals surface area contributed by atoms with Gasteiger partial charge in [-0.1, -0.05) is 13.3 Å². The van der Waals surface area contributed by atoms with Crippen LogP contribution < -0.4 is 5.32 Å². The summed E-state index contributed by atoms with van der Waals surface area (Å²) in [4.78, 5) is 18.7. The Balaban J connectivity index is 1.70. The first-order chi connectivity index (χ1) is 10.5. The van der Waals surface area contributed by atoms with Crippen LogP contribution in [0.15, 0.2) is 18.3 Å². The number of pyridine rings is 1. The molecule has 2 N–H and O–H groups in total. The van der Waals surface area contributed by atoms with Crippen molar-refractivity contribution in [2.45, 2.75) is 38.2 Å². The summed E-state index contributed by atoms with van der Waals surface area (Å²) in [7, 11) is 1.79. The van der Waals surface area contributed by atoms with Gasteiger partial charge < -0.3 is 15.3 Å². The topological polar surface area (TPSA) is 65.5 Å². The van der Waals surface area contributed by atoms with Gasteiger partial charge in [-0.25, -0.2) is 4.98 Å². The zero-order chi connectivity index (χ0) is 15.7. The molecule has 5 heteroatoms. The van der Waals surface area contributed by atoms with Crippen LogP contribution in [0.3, 0.4) is 0 Å². The second-order valence-electron chi connectivity index (χ2n) is 6.70. The predicted octanol–water partition coefficient (Wildman–Crippen LogP) is 2.14. The van der Waals surface area contributed by atoms with Crippen LogP contribution in [0.4, 0.5) is 5.82 Å². The molecule has 2 unspecified atom stereocenters. The first-order valence-electron chi connectivity index (χ1n) is 8.20. The fourth-order valence-corrected chi connectivity index (χ4v) is 3.72. The standard InChI is InChI=1S/C17H25N3O2/c1-12-11-20(9-7-17(12,22)14-4-3-5-14)16(21)13-6-8-19-15(10-13)18-2/h6,8,10,12,14,22H,3-5,7,9,11H2,1-2H3,(H,18,19). The molecule has 2 heterocycles. The van der Waals surface area contributed by atoms with Crippen molar-refractivity contribution in [2.75, 3.05) is 25.5 Å². The normalized spacial score (nSPS) is 29.0. The van der Waals surface area contributed by atoms with Crippen molar-refractivity contribution in [3.63, 3.8) is 0 Å². The van der Waals surface area contributed by atoms with Crippen LogP contribution in [-0.2, 0) is 0 Å². The van der Waals surface area contributed by atoms with E-state index in [0.29, 0.717) is 36.8 Å². The summed E-state index contributed by atoms with van der Waals surface area (Å²) < 4.78 is 0. The highest BCUT2D eigenvalue weighted by atomic mass is 16.3. The quantitative estimate of drug-likeness (QED) is 0.898. The molecule has 2 atom stereocenters. The van der Waals surface area contributed by atoms with Gasteiger partial charge >= 0.3 is 0 Å². The number of rotatable bonds is 3. The monoisotopic (exact) mass is 303 g/mol. The van der Waals surface area contributed by atoms with Gasteiger partial charge in [-0.2, -0.15) is 0 Å². The fourth-order valence-electron chi connectivity index (χ4n) is 3.72. The van der Waals surface area contributed by atoms with E-state index in [0.717, 1.165) is 12.8 Å². The lowest BCUT2D eigenvalue weighted by Gasteiger charge is -2.50. The summed E-state index contributed by atoms with van der Waals surface area (Å²) in [6.45, 7) is 3.33. The van der Waals surface area contributed by atoms with Crippen molar-refractivity contribution in [1.29, 1.82) is 0 Å². The molecule has 0 bridgehead atoms. The summed E-state index contributed by atoms with van der Waals surface area (Å²) in [5.74, 6) is 1.28. The number of nitrogens with one attached hydrogen (secondary N) is 1. The molecule has 1 aromatic heterocycles. The van der Waals surface area contributed by atoms with Gasteiger partial charge in [0.05, 0.1) is 5.60 Å². The van der Waals surface area contributed by atoms with Crippen LogP contribution in [0, 0.1) is 11.8 Å². The second kappa shape index (κ2) is 5.88. The maximum Gasteiger partial charge on any atom is 0.254 e. The third-order valence-corrected chi connectivity index (χ3v) is 5.49. The number of carbonyl (C=O) groups is 1. The van der Waals surface area contributed by atoms with Crippen LogP contribution in [0.1, 0.15) is 43.0 Å². The Morgan fingerprint density at radius 2 is 2.27 bits per heavy atom. The second-order valence-corrected chi connectivity index (χ2v) is 6.70. The molecule has 5 nitrogen and oxygen atoms in total.